The Balaban J connectivity index is 1.51. The maximum absolute atomic E-state index is 13.9. The molecule has 9 nitrogen and oxygen atoms in total. The topological polar surface area (TPSA) is 102 Å². The normalized spacial score (nSPS) is 14.8. The number of nitrogens with one attached hydrogen (secondary N) is 1. The van der Waals surface area contributed by atoms with Crippen LogP contribution < -0.4 is 10.1 Å². The van der Waals surface area contributed by atoms with E-state index in [2.05, 4.69) is 15.6 Å². The molecule has 1 unspecified atom stereocenters. The number of hydrogen-bond donors (Lipinski definition) is 1. The van der Waals surface area contributed by atoms with Crippen molar-refractivity contribution in [3.05, 3.63) is 78.3 Å². The molecule has 1 aliphatic carbocycles. The lowest BCUT2D eigenvalue weighted by Crippen LogP contribution is -2.47. The number of nitrogens with zero attached hydrogens (tertiary/aromatic N) is 4. The van der Waals surface area contributed by atoms with Crippen LogP contribution in [-0.2, 0) is 22.7 Å². The van der Waals surface area contributed by atoms with E-state index in [0.29, 0.717) is 22.6 Å². The minimum atomic E-state index is -0.885. The Kier molecular flexibility index (Phi) is 7.49. The van der Waals surface area contributed by atoms with Gasteiger partial charge in [-0.2, -0.15) is 0 Å². The van der Waals surface area contributed by atoms with Gasteiger partial charge in [-0.25, -0.2) is 4.68 Å². The van der Waals surface area contributed by atoms with Crippen LogP contribution in [0.15, 0.2) is 71.3 Å². The van der Waals surface area contributed by atoms with E-state index < -0.39 is 6.04 Å². The van der Waals surface area contributed by atoms with Gasteiger partial charge in [0.25, 0.3) is 0 Å². The van der Waals surface area contributed by atoms with Gasteiger partial charge in [0.2, 0.25) is 11.8 Å². The smallest absolute Gasteiger partial charge is 0.247 e. The predicted octanol–water partition coefficient (Wildman–Crippen LogP) is 4.25. The molecule has 0 radical (unpaired) electrons. The monoisotopic (exact) mass is 501 g/mol. The van der Waals surface area contributed by atoms with Crippen LogP contribution >= 0.6 is 0 Å². The van der Waals surface area contributed by atoms with E-state index in [1.54, 1.807) is 41.2 Å². The zero-order chi connectivity index (χ0) is 25.6. The second kappa shape index (κ2) is 11.3. The van der Waals surface area contributed by atoms with Crippen LogP contribution in [0, 0.1) is 0 Å². The summed E-state index contributed by atoms with van der Waals surface area (Å²) in [5, 5.41) is 11.6. The molecule has 192 valence electrons. The van der Waals surface area contributed by atoms with Gasteiger partial charge in [-0.15, -0.1) is 5.10 Å². The number of carbonyl (C=O) groups is 2. The Morgan fingerprint density at radius 1 is 1.11 bits per heavy atom. The number of rotatable bonds is 9. The Morgan fingerprint density at radius 3 is 2.73 bits per heavy atom. The fraction of sp³-hybridized carbons (Fsp3) is 0.357. The van der Waals surface area contributed by atoms with Crippen LogP contribution in [0.5, 0.6) is 5.75 Å². The van der Waals surface area contributed by atoms with Crippen molar-refractivity contribution >= 4 is 22.8 Å². The van der Waals surface area contributed by atoms with Crippen LogP contribution in [0.2, 0.25) is 0 Å². The highest BCUT2D eigenvalue weighted by molar-refractivity contribution is 5.89. The second-order valence-electron chi connectivity index (χ2n) is 9.36. The van der Waals surface area contributed by atoms with E-state index >= 15 is 0 Å². The van der Waals surface area contributed by atoms with Gasteiger partial charge in [0.1, 0.15) is 29.6 Å². The molecule has 1 saturated carbocycles. The van der Waals surface area contributed by atoms with Crippen molar-refractivity contribution in [1.82, 2.24) is 25.2 Å². The number of fused-ring (bicyclic) bond motifs is 1. The van der Waals surface area contributed by atoms with E-state index in [0.717, 1.165) is 31.2 Å². The molecule has 4 aromatic rings. The second-order valence-corrected chi connectivity index (χ2v) is 9.36. The average molecular weight is 502 g/mol. The molecular weight excluding hydrogens is 470 g/mol. The van der Waals surface area contributed by atoms with Crippen LogP contribution in [0.1, 0.15) is 49.5 Å². The molecule has 1 N–H and O–H groups in total. The summed E-state index contributed by atoms with van der Waals surface area (Å²) < 4.78 is 12.6. The number of furan rings is 1. The highest BCUT2D eigenvalue weighted by Gasteiger charge is 2.34. The molecule has 2 amide bonds. The lowest BCUT2D eigenvalue weighted by Gasteiger charge is -2.33. The summed E-state index contributed by atoms with van der Waals surface area (Å²) in [5.41, 5.74) is 2.11. The number of carbonyl (C=O) groups excluding carboxylic acids is 2. The molecule has 5 rings (SSSR count). The number of para-hydroxylation sites is 1. The maximum Gasteiger partial charge on any atom is 0.247 e. The van der Waals surface area contributed by atoms with Crippen LogP contribution in [0.25, 0.3) is 11.0 Å². The molecule has 2 aromatic carbocycles. The largest absolute Gasteiger partial charge is 0.497 e. The van der Waals surface area contributed by atoms with Crippen molar-refractivity contribution in [2.75, 3.05) is 7.11 Å². The molecule has 2 heterocycles. The summed E-state index contributed by atoms with van der Waals surface area (Å²) in [7, 11) is 1.58. The Labute approximate surface area is 215 Å². The number of ether oxygens (including phenoxy) is 1. The zero-order valence-corrected chi connectivity index (χ0v) is 20.9. The van der Waals surface area contributed by atoms with Crippen molar-refractivity contribution in [1.29, 1.82) is 0 Å². The molecule has 0 saturated heterocycles. The summed E-state index contributed by atoms with van der Waals surface area (Å²) in [4.78, 5) is 29.4. The van der Waals surface area contributed by atoms with E-state index in [9.17, 15) is 9.59 Å². The number of aromatic nitrogens is 3. The maximum atomic E-state index is 13.9. The lowest BCUT2D eigenvalue weighted by atomic mass is 9.94. The first kappa shape index (κ1) is 24.5. The number of methoxy groups -OCH3 is 1. The first-order valence-electron chi connectivity index (χ1n) is 12.7. The molecule has 0 aliphatic heterocycles. The quantitative estimate of drug-likeness (QED) is 0.368. The summed E-state index contributed by atoms with van der Waals surface area (Å²) in [6, 6.07) is 17.5. The van der Waals surface area contributed by atoms with Gasteiger partial charge in [0, 0.05) is 6.04 Å². The number of amides is 2. The SMILES string of the molecule is COc1cccc(C(C(=O)NC2CCCCC2)N(Cc2ccco2)C(=O)Cn2nnc3ccccc32)c1. The summed E-state index contributed by atoms with van der Waals surface area (Å²) >= 11 is 0. The van der Waals surface area contributed by atoms with Crippen molar-refractivity contribution in [2.24, 2.45) is 0 Å². The fourth-order valence-electron chi connectivity index (χ4n) is 4.96. The van der Waals surface area contributed by atoms with E-state index in [-0.39, 0.29) is 30.9 Å². The first-order chi connectivity index (χ1) is 18.1. The van der Waals surface area contributed by atoms with Crippen molar-refractivity contribution in [3.63, 3.8) is 0 Å². The Bertz CT molecular complexity index is 1340. The Hall–Kier alpha value is -4.14. The molecule has 1 fully saturated rings. The summed E-state index contributed by atoms with van der Waals surface area (Å²) in [5.74, 6) is 0.693. The highest BCUT2D eigenvalue weighted by Crippen LogP contribution is 2.28. The van der Waals surface area contributed by atoms with Gasteiger partial charge in [0.05, 0.1) is 25.4 Å². The predicted molar refractivity (Wildman–Crippen MR) is 138 cm³/mol. The number of benzene rings is 2. The third-order valence-corrected chi connectivity index (χ3v) is 6.85. The van der Waals surface area contributed by atoms with Gasteiger partial charge >= 0.3 is 0 Å². The van der Waals surface area contributed by atoms with Gasteiger partial charge in [-0.1, -0.05) is 48.7 Å². The minimum absolute atomic E-state index is 0.0710. The zero-order valence-electron chi connectivity index (χ0n) is 20.9. The van der Waals surface area contributed by atoms with E-state index in [4.69, 9.17) is 9.15 Å². The molecule has 1 aliphatic rings. The molecular formula is C28H31N5O4. The molecule has 0 spiro atoms. The van der Waals surface area contributed by atoms with E-state index in [1.807, 2.05) is 42.5 Å². The van der Waals surface area contributed by atoms with Crippen molar-refractivity contribution < 1.29 is 18.7 Å². The summed E-state index contributed by atoms with van der Waals surface area (Å²) in [6.07, 6.45) is 6.79. The number of hydrogen-bond acceptors (Lipinski definition) is 6. The molecule has 37 heavy (non-hydrogen) atoms. The van der Waals surface area contributed by atoms with Crippen LogP contribution in [0.3, 0.4) is 0 Å². The van der Waals surface area contributed by atoms with Gasteiger partial charge in [0.15, 0.2) is 0 Å². The third kappa shape index (κ3) is 5.66. The lowest BCUT2D eigenvalue weighted by molar-refractivity contribution is -0.142. The minimum Gasteiger partial charge on any atom is -0.497 e. The standard InChI is InChI=1S/C28H31N5O4/c1-36-22-12-7-9-20(17-22)27(28(35)29-21-10-3-2-4-11-21)32(18-23-13-8-16-37-23)26(34)19-33-25-15-6-5-14-24(25)30-31-33/h5-9,12-17,21,27H,2-4,10-11,18-19H2,1H3,(H,29,35). The van der Waals surface area contributed by atoms with Crippen molar-refractivity contribution in [3.8, 4) is 5.75 Å². The summed E-state index contributed by atoms with van der Waals surface area (Å²) in [6.45, 7) is 0.0524. The highest BCUT2D eigenvalue weighted by atomic mass is 16.5. The van der Waals surface area contributed by atoms with Gasteiger partial charge in [-0.05, 0) is 54.8 Å². The van der Waals surface area contributed by atoms with E-state index in [1.165, 1.54) is 6.42 Å². The average Bonchev–Trinajstić information content (AvgIpc) is 3.59. The molecule has 1 atom stereocenters. The van der Waals surface area contributed by atoms with Gasteiger partial charge in [-0.3, -0.25) is 9.59 Å². The molecule has 0 bridgehead atoms. The van der Waals surface area contributed by atoms with Crippen molar-refractivity contribution in [2.45, 2.75) is 57.3 Å². The van der Waals surface area contributed by atoms with Crippen LogP contribution in [-0.4, -0.2) is 44.9 Å². The van der Waals surface area contributed by atoms with Crippen LogP contribution in [0.4, 0.5) is 0 Å². The Morgan fingerprint density at radius 2 is 1.95 bits per heavy atom. The van der Waals surface area contributed by atoms with Gasteiger partial charge < -0.3 is 19.4 Å². The fourth-order valence-corrected chi connectivity index (χ4v) is 4.96. The molecule has 9 heteroatoms. The first-order valence-corrected chi connectivity index (χ1v) is 12.7. The molecule has 2 aromatic heterocycles. The third-order valence-electron chi connectivity index (χ3n) is 6.85.